The Labute approximate surface area is 354 Å². The van der Waals surface area contributed by atoms with E-state index in [1.165, 1.54) is 0 Å². The van der Waals surface area contributed by atoms with Crippen LogP contribution in [0.25, 0.3) is 54.7 Å². The van der Waals surface area contributed by atoms with Gasteiger partial charge in [0.05, 0.1) is 37.5 Å². The van der Waals surface area contributed by atoms with E-state index in [9.17, 15) is 4.79 Å². The number of aromatic amines is 2. The second-order valence-electron chi connectivity index (χ2n) is 15.9. The lowest BCUT2D eigenvalue weighted by Crippen LogP contribution is -2.52. The summed E-state index contributed by atoms with van der Waals surface area (Å²) in [5.41, 5.74) is 6.42. The summed E-state index contributed by atoms with van der Waals surface area (Å²) in [4.78, 5) is 28.8. The van der Waals surface area contributed by atoms with Gasteiger partial charge in [-0.05, 0) is 89.4 Å². The van der Waals surface area contributed by atoms with Crippen molar-refractivity contribution >= 4 is 77.8 Å². The largest absolute Gasteiger partial charge is 0.486 e. The second kappa shape index (κ2) is 15.5. The molecule has 16 heteroatoms. The van der Waals surface area contributed by atoms with E-state index in [2.05, 4.69) is 53.5 Å². The number of nitrogens with zero attached hydrogens (tertiary/aromatic N) is 6. The standard InChI is InChI=1S/C41H40FIN9O4P.C2H6/c1-21-30(42)16-32-29(18-46-52(32)57-43)33(21)34-26(23-3-4-23)15-27-35(37(34)55-19-22-2-5-25-28-17-45-50-36(28)39(53)47-31(25)14-22)48-40(56-24-6-12-54-13-7-24)49-38(27)51-11-10-44-41(20-51)8-9-41;1-2/h2,5,14-18,23-24,44,57H,3-4,6-13,19-20H2,1H3,(H,45,50)(H,47,53);1-2H3. The van der Waals surface area contributed by atoms with Crippen molar-refractivity contribution in [1.29, 1.82) is 0 Å². The molecule has 2 aliphatic carbocycles. The maximum atomic E-state index is 16.2. The van der Waals surface area contributed by atoms with Crippen LogP contribution in [0, 0.1) is 12.7 Å². The summed E-state index contributed by atoms with van der Waals surface area (Å²) >= 11 is 2.29. The summed E-state index contributed by atoms with van der Waals surface area (Å²) in [7, 11) is 0. The maximum absolute atomic E-state index is 16.2. The number of piperazine rings is 1. The van der Waals surface area contributed by atoms with Crippen LogP contribution in [-0.4, -0.2) is 79.2 Å². The number of fused-ring (bicyclic) bond motifs is 5. The van der Waals surface area contributed by atoms with E-state index in [-0.39, 0.29) is 35.5 Å². The van der Waals surface area contributed by atoms with E-state index in [1.807, 2.05) is 49.6 Å². The number of aromatic nitrogens is 7. The van der Waals surface area contributed by atoms with Crippen molar-refractivity contribution in [3.63, 3.8) is 0 Å². The predicted molar refractivity (Wildman–Crippen MR) is 239 cm³/mol. The quantitative estimate of drug-likeness (QED) is 0.0950. The molecule has 2 aliphatic heterocycles. The van der Waals surface area contributed by atoms with Gasteiger partial charge in [0.1, 0.15) is 35.4 Å². The Morgan fingerprint density at radius 1 is 1.02 bits per heavy atom. The van der Waals surface area contributed by atoms with Crippen LogP contribution in [0.15, 0.2) is 47.5 Å². The Kier molecular flexibility index (Phi) is 10.2. The molecule has 4 fully saturated rings. The normalized spacial score (nSPS) is 18.1. The molecule has 0 bridgehead atoms. The summed E-state index contributed by atoms with van der Waals surface area (Å²) < 4.78 is 37.5. The Morgan fingerprint density at radius 2 is 1.85 bits per heavy atom. The summed E-state index contributed by atoms with van der Waals surface area (Å²) in [6, 6.07) is 10.1. The van der Waals surface area contributed by atoms with E-state index in [4.69, 9.17) is 29.3 Å². The number of rotatable bonds is 9. The third-order valence-electron chi connectivity index (χ3n) is 12.2. The Morgan fingerprint density at radius 3 is 2.63 bits per heavy atom. The van der Waals surface area contributed by atoms with Crippen LogP contribution in [0.4, 0.5) is 10.2 Å². The van der Waals surface area contributed by atoms with Gasteiger partial charge in [-0.25, -0.2) is 8.84 Å². The van der Waals surface area contributed by atoms with Crippen LogP contribution in [0.2, 0.25) is 0 Å². The Bertz CT molecular complexity index is 2810. The number of hydrogen-bond donors (Lipinski definition) is 3. The molecule has 59 heavy (non-hydrogen) atoms. The first-order chi connectivity index (χ1) is 28.9. The Balaban J connectivity index is 0.00000207. The van der Waals surface area contributed by atoms with Crippen molar-refractivity contribution in [2.45, 2.75) is 83.5 Å². The third-order valence-corrected chi connectivity index (χ3v) is 14.1. The van der Waals surface area contributed by atoms with Gasteiger partial charge < -0.3 is 29.4 Å². The molecule has 0 radical (unpaired) electrons. The lowest BCUT2D eigenvalue weighted by atomic mass is 9.88. The van der Waals surface area contributed by atoms with Crippen molar-refractivity contribution in [1.82, 2.24) is 40.0 Å². The molecule has 1 atom stereocenters. The monoisotopic (exact) mass is 929 g/mol. The average molecular weight is 930 g/mol. The van der Waals surface area contributed by atoms with E-state index in [1.54, 1.807) is 12.3 Å². The summed E-state index contributed by atoms with van der Waals surface area (Å²) in [6.07, 6.45) is 9.54. The molecule has 0 amide bonds. The number of pyridine rings is 1. The van der Waals surface area contributed by atoms with Crippen molar-refractivity contribution in [2.75, 3.05) is 37.7 Å². The lowest BCUT2D eigenvalue weighted by Gasteiger charge is -2.36. The highest BCUT2D eigenvalue weighted by Crippen LogP contribution is 2.54. The first kappa shape index (κ1) is 38.7. The van der Waals surface area contributed by atoms with Gasteiger partial charge in [0.15, 0.2) is 5.75 Å². The number of nitrogens with one attached hydrogen (secondary N) is 3. The highest BCUT2D eigenvalue weighted by atomic mass is 127. The third kappa shape index (κ3) is 7.01. The second-order valence-corrected chi connectivity index (χ2v) is 18.0. The molecule has 1 unspecified atom stereocenters. The van der Waals surface area contributed by atoms with E-state index >= 15 is 4.39 Å². The fraction of sp³-hybridized carbons (Fsp3) is 0.419. The zero-order valence-corrected chi connectivity index (χ0v) is 36.4. The minimum absolute atomic E-state index is 0.0806. The van der Waals surface area contributed by atoms with Crippen LogP contribution >= 0.6 is 28.4 Å². The highest BCUT2D eigenvalue weighted by molar-refractivity contribution is 14.2. The summed E-state index contributed by atoms with van der Waals surface area (Å²) in [6.45, 7) is 9.74. The van der Waals surface area contributed by atoms with E-state index < -0.39 is 0 Å². The van der Waals surface area contributed by atoms with Gasteiger partial charge in [-0.2, -0.15) is 20.2 Å². The maximum Gasteiger partial charge on any atom is 0.319 e. The van der Waals surface area contributed by atoms with E-state index in [0.717, 1.165) is 113 Å². The summed E-state index contributed by atoms with van der Waals surface area (Å²) in [5, 5.41) is 18.8. The topological polar surface area (TPSA) is 148 Å². The Hall–Kier alpha value is -4.44. The van der Waals surface area contributed by atoms with Crippen LogP contribution < -0.4 is 25.2 Å². The van der Waals surface area contributed by atoms with Gasteiger partial charge in [0.2, 0.25) is 0 Å². The molecular weight excluding hydrogens is 883 g/mol. The molecular formula is C43H46FIN9O4P. The summed E-state index contributed by atoms with van der Waals surface area (Å²) in [5.74, 6) is 1.36. The highest BCUT2D eigenvalue weighted by Gasteiger charge is 2.46. The molecule has 2 saturated heterocycles. The fourth-order valence-corrected chi connectivity index (χ4v) is 10.4. The van der Waals surface area contributed by atoms with Crippen LogP contribution in [0.3, 0.4) is 0 Å². The minimum Gasteiger partial charge on any atom is -0.486 e. The zero-order valence-electron chi connectivity index (χ0n) is 33.3. The van der Waals surface area contributed by atoms with Crippen LogP contribution in [0.1, 0.15) is 75.0 Å². The molecule has 6 heterocycles. The molecule has 4 aromatic heterocycles. The number of H-pyrrole nitrogens is 2. The molecule has 2 saturated carbocycles. The van der Waals surface area contributed by atoms with Gasteiger partial charge >= 0.3 is 6.01 Å². The van der Waals surface area contributed by atoms with Crippen molar-refractivity contribution in [3.8, 4) is 22.9 Å². The molecule has 4 aliphatic rings. The molecule has 11 rings (SSSR count). The van der Waals surface area contributed by atoms with Gasteiger partial charge in [0.25, 0.3) is 5.56 Å². The molecule has 7 aromatic rings. The number of hydrogen-bond acceptors (Lipinski definition) is 10. The molecule has 3 N–H and O–H groups in total. The van der Waals surface area contributed by atoms with Crippen LogP contribution in [-0.2, 0) is 11.3 Å². The fourth-order valence-electron chi connectivity index (χ4n) is 8.85. The molecule has 1 spiro atoms. The van der Waals surface area contributed by atoms with Crippen LogP contribution in [0.5, 0.6) is 11.8 Å². The zero-order chi connectivity index (χ0) is 40.4. The minimum atomic E-state index is -0.298. The smallest absolute Gasteiger partial charge is 0.319 e. The van der Waals surface area contributed by atoms with Gasteiger partial charge in [-0.1, -0.05) is 26.0 Å². The number of ether oxygens (including phenoxy) is 3. The predicted octanol–water partition coefficient (Wildman–Crippen LogP) is 8.59. The SMILES string of the molecule is CC.Cc1c(F)cc2c(cnn2PI)c1-c1c(C2CC2)cc2c(N3CCNC4(CC4)C3)nc(OC3CCOCC3)nc2c1OCc1ccc2c(c1)[nH]c(=O)c1[nH]ncc12. The van der Waals surface area contributed by atoms with Crippen molar-refractivity contribution < 1.29 is 18.6 Å². The first-order valence-corrected chi connectivity index (χ1v) is 24.7. The van der Waals surface area contributed by atoms with Crippen molar-refractivity contribution in [2.24, 2.45) is 0 Å². The van der Waals surface area contributed by atoms with Gasteiger partial charge in [-0.15, -0.1) is 0 Å². The van der Waals surface area contributed by atoms with Crippen molar-refractivity contribution in [3.05, 3.63) is 75.6 Å². The molecule has 13 nitrogen and oxygen atoms in total. The number of halogens is 2. The molecule has 3 aromatic carbocycles. The van der Waals surface area contributed by atoms with Gasteiger partial charge in [-0.3, -0.25) is 9.89 Å². The average Bonchev–Trinajstić information content (AvgIpc) is 4.15. The van der Waals surface area contributed by atoms with Gasteiger partial charge in [0, 0.05) is 82.3 Å². The first-order valence-electron chi connectivity index (χ1n) is 20.6. The lowest BCUT2D eigenvalue weighted by molar-refractivity contribution is 0.0219. The number of benzene rings is 3. The molecule has 306 valence electrons. The number of anilines is 1. The van der Waals surface area contributed by atoms with E-state index in [0.29, 0.717) is 53.5 Å².